The predicted octanol–water partition coefficient (Wildman–Crippen LogP) is 2.24. The highest BCUT2D eigenvalue weighted by Crippen LogP contribution is 2.41. The van der Waals surface area contributed by atoms with Gasteiger partial charge >= 0.3 is 0 Å². The third kappa shape index (κ3) is 2.60. The fraction of sp³-hybridized carbons (Fsp3) is 0.429. The van der Waals surface area contributed by atoms with Crippen molar-refractivity contribution < 1.29 is 19.1 Å². The van der Waals surface area contributed by atoms with Crippen LogP contribution in [0.4, 0.5) is 0 Å². The third-order valence-corrected chi connectivity index (χ3v) is 3.19. The molecule has 2 heterocycles. The van der Waals surface area contributed by atoms with E-state index in [1.807, 2.05) is 19.9 Å². The summed E-state index contributed by atoms with van der Waals surface area (Å²) in [6.45, 7) is 4.12. The van der Waals surface area contributed by atoms with Crippen LogP contribution in [0.25, 0.3) is 0 Å². The Labute approximate surface area is 116 Å². The van der Waals surface area contributed by atoms with Crippen molar-refractivity contribution in [2.45, 2.75) is 38.6 Å². The van der Waals surface area contributed by atoms with Crippen molar-refractivity contribution in [2.75, 3.05) is 0 Å². The van der Waals surface area contributed by atoms with Crippen LogP contribution in [0.2, 0.25) is 0 Å². The maximum absolute atomic E-state index is 10.1. The summed E-state index contributed by atoms with van der Waals surface area (Å²) < 4.78 is 16.1. The Morgan fingerprint density at radius 3 is 3.05 bits per heavy atom. The van der Waals surface area contributed by atoms with Crippen LogP contribution in [-0.2, 0) is 6.61 Å². The molecular formula is C14H16N2O4. The Morgan fingerprint density at radius 1 is 1.45 bits per heavy atom. The van der Waals surface area contributed by atoms with Crippen LogP contribution >= 0.6 is 0 Å². The lowest BCUT2D eigenvalue weighted by molar-refractivity contribution is 0.0113. The zero-order valence-electron chi connectivity index (χ0n) is 11.4. The van der Waals surface area contributed by atoms with E-state index in [9.17, 15) is 5.11 Å². The number of fused-ring (bicyclic) bond motifs is 1. The van der Waals surface area contributed by atoms with Crippen LogP contribution in [0, 0.1) is 0 Å². The van der Waals surface area contributed by atoms with E-state index in [0.29, 0.717) is 23.7 Å². The van der Waals surface area contributed by atoms with Gasteiger partial charge in [-0.15, -0.1) is 0 Å². The largest absolute Gasteiger partial charge is 0.487 e. The highest BCUT2D eigenvalue weighted by atomic mass is 16.5. The molecule has 106 valence electrons. The average Bonchev–Trinajstić information content (AvgIpc) is 2.87. The smallest absolute Gasteiger partial charge is 0.213 e. The van der Waals surface area contributed by atoms with E-state index in [2.05, 4.69) is 14.7 Å². The molecule has 1 N–H and O–H groups in total. The van der Waals surface area contributed by atoms with Crippen LogP contribution in [-0.4, -0.2) is 20.8 Å². The van der Waals surface area contributed by atoms with Gasteiger partial charge in [0.2, 0.25) is 12.2 Å². The van der Waals surface area contributed by atoms with E-state index in [0.717, 1.165) is 5.56 Å². The van der Waals surface area contributed by atoms with Crippen molar-refractivity contribution in [1.29, 1.82) is 0 Å². The van der Waals surface area contributed by atoms with Gasteiger partial charge in [0, 0.05) is 18.1 Å². The normalized spacial score (nSPS) is 20.1. The van der Waals surface area contributed by atoms with Crippen LogP contribution < -0.4 is 9.47 Å². The lowest BCUT2D eigenvalue weighted by Gasteiger charge is -2.35. The third-order valence-electron chi connectivity index (χ3n) is 3.19. The topological polar surface area (TPSA) is 77.6 Å². The van der Waals surface area contributed by atoms with Crippen LogP contribution in [0.15, 0.2) is 29.1 Å². The summed E-state index contributed by atoms with van der Waals surface area (Å²) >= 11 is 0. The zero-order valence-corrected chi connectivity index (χ0v) is 11.4. The van der Waals surface area contributed by atoms with Crippen molar-refractivity contribution in [3.05, 3.63) is 36.0 Å². The highest BCUT2D eigenvalue weighted by Gasteiger charge is 2.32. The van der Waals surface area contributed by atoms with Gasteiger partial charge < -0.3 is 19.1 Å². The van der Waals surface area contributed by atoms with Crippen LogP contribution in [0.3, 0.4) is 0 Å². The van der Waals surface area contributed by atoms with E-state index in [4.69, 9.17) is 9.47 Å². The number of hydrogen-bond acceptors (Lipinski definition) is 6. The van der Waals surface area contributed by atoms with Crippen molar-refractivity contribution >= 4 is 0 Å². The molecule has 0 amide bonds. The van der Waals surface area contributed by atoms with Gasteiger partial charge in [0.15, 0.2) is 6.61 Å². The van der Waals surface area contributed by atoms with Gasteiger partial charge in [0.05, 0.1) is 6.10 Å². The molecule has 6 heteroatoms. The van der Waals surface area contributed by atoms with E-state index in [1.165, 1.54) is 6.39 Å². The number of aliphatic hydroxyl groups is 1. The summed E-state index contributed by atoms with van der Waals surface area (Å²) in [6, 6.07) is 5.39. The number of ether oxygens (including phenoxy) is 2. The Kier molecular flexibility index (Phi) is 3.10. The van der Waals surface area contributed by atoms with Crippen molar-refractivity contribution in [3.63, 3.8) is 0 Å². The Balaban J connectivity index is 1.78. The second kappa shape index (κ2) is 4.79. The Hall–Kier alpha value is -2.08. The molecule has 6 nitrogen and oxygen atoms in total. The first kappa shape index (κ1) is 12.9. The molecule has 1 aliphatic heterocycles. The summed E-state index contributed by atoms with van der Waals surface area (Å²) in [5.41, 5.74) is 0.398. The molecule has 0 radical (unpaired) electrons. The van der Waals surface area contributed by atoms with Gasteiger partial charge in [-0.05, 0) is 26.0 Å². The molecule has 1 aromatic carbocycles. The molecule has 0 spiro atoms. The zero-order chi connectivity index (χ0) is 14.2. The minimum absolute atomic E-state index is 0.223. The lowest BCUT2D eigenvalue weighted by Crippen LogP contribution is -2.34. The minimum Gasteiger partial charge on any atom is -0.487 e. The van der Waals surface area contributed by atoms with Crippen molar-refractivity contribution in [3.8, 4) is 11.5 Å². The Morgan fingerprint density at radius 2 is 2.30 bits per heavy atom. The fourth-order valence-corrected chi connectivity index (χ4v) is 2.29. The highest BCUT2D eigenvalue weighted by molar-refractivity contribution is 5.43. The second-order valence-corrected chi connectivity index (χ2v) is 5.42. The van der Waals surface area contributed by atoms with Gasteiger partial charge in [-0.25, -0.2) is 0 Å². The summed E-state index contributed by atoms with van der Waals surface area (Å²) in [6.07, 6.45) is 1.32. The summed E-state index contributed by atoms with van der Waals surface area (Å²) in [7, 11) is 0. The number of aromatic nitrogens is 2. The number of aliphatic hydroxyl groups excluding tert-OH is 1. The molecule has 0 aliphatic carbocycles. The predicted molar refractivity (Wildman–Crippen MR) is 69.4 cm³/mol. The minimum atomic E-state index is -0.514. The number of nitrogens with zero attached hydrogens (tertiary/aromatic N) is 2. The van der Waals surface area contributed by atoms with E-state index < -0.39 is 11.7 Å². The standard InChI is InChI=1S/C14H16N2O4/c1-14(2)6-11(17)10-4-3-9(5-12(10)20-14)18-7-13-15-8-19-16-13/h3-5,8,11,17H,6-7H2,1-2H3. The SMILES string of the molecule is CC1(C)CC(O)c2ccc(OCc3ncon3)cc2O1. The van der Waals surface area contributed by atoms with Gasteiger partial charge in [-0.2, -0.15) is 4.98 Å². The molecule has 3 rings (SSSR count). The lowest BCUT2D eigenvalue weighted by atomic mass is 9.92. The molecule has 0 bridgehead atoms. The van der Waals surface area contributed by atoms with Crippen molar-refractivity contribution in [2.24, 2.45) is 0 Å². The molecule has 1 aliphatic rings. The van der Waals surface area contributed by atoms with Crippen LogP contribution in [0.1, 0.15) is 37.8 Å². The molecule has 1 aromatic heterocycles. The summed E-state index contributed by atoms with van der Waals surface area (Å²) in [4.78, 5) is 3.88. The maximum Gasteiger partial charge on any atom is 0.213 e. The van der Waals surface area contributed by atoms with Gasteiger partial charge in [-0.1, -0.05) is 5.16 Å². The van der Waals surface area contributed by atoms with E-state index >= 15 is 0 Å². The number of hydrogen-bond donors (Lipinski definition) is 1. The number of rotatable bonds is 3. The fourth-order valence-electron chi connectivity index (χ4n) is 2.29. The molecule has 20 heavy (non-hydrogen) atoms. The van der Waals surface area contributed by atoms with Gasteiger partial charge in [0.25, 0.3) is 0 Å². The van der Waals surface area contributed by atoms with Gasteiger partial charge in [0.1, 0.15) is 17.1 Å². The maximum atomic E-state index is 10.1. The first-order chi connectivity index (χ1) is 9.53. The number of benzene rings is 1. The Bertz CT molecular complexity index is 595. The van der Waals surface area contributed by atoms with Crippen LogP contribution in [0.5, 0.6) is 11.5 Å². The van der Waals surface area contributed by atoms with E-state index in [1.54, 1.807) is 12.1 Å². The average molecular weight is 276 g/mol. The van der Waals surface area contributed by atoms with E-state index in [-0.39, 0.29) is 6.61 Å². The quantitative estimate of drug-likeness (QED) is 0.926. The molecule has 0 saturated heterocycles. The second-order valence-electron chi connectivity index (χ2n) is 5.42. The molecule has 0 saturated carbocycles. The first-order valence-corrected chi connectivity index (χ1v) is 6.42. The monoisotopic (exact) mass is 276 g/mol. The molecule has 1 unspecified atom stereocenters. The molecular weight excluding hydrogens is 260 g/mol. The molecule has 0 fully saturated rings. The first-order valence-electron chi connectivity index (χ1n) is 6.42. The molecule has 1 atom stereocenters. The summed E-state index contributed by atoms with van der Waals surface area (Å²) in [5.74, 6) is 1.77. The van der Waals surface area contributed by atoms with Gasteiger partial charge in [-0.3, -0.25) is 0 Å². The molecule has 2 aromatic rings. The summed E-state index contributed by atoms with van der Waals surface area (Å²) in [5, 5.41) is 13.8. The van der Waals surface area contributed by atoms with Crippen molar-refractivity contribution in [1.82, 2.24) is 10.1 Å².